The second kappa shape index (κ2) is 5.24. The van der Waals surface area contributed by atoms with Crippen molar-refractivity contribution in [2.24, 2.45) is 0 Å². The van der Waals surface area contributed by atoms with E-state index in [9.17, 15) is 0 Å². The van der Waals surface area contributed by atoms with E-state index in [1.54, 1.807) is 0 Å². The molecule has 2 aromatic carbocycles. The van der Waals surface area contributed by atoms with Crippen molar-refractivity contribution in [2.75, 3.05) is 0 Å². The van der Waals surface area contributed by atoms with Gasteiger partial charge in [0.2, 0.25) is 0 Å². The summed E-state index contributed by atoms with van der Waals surface area (Å²) in [5.41, 5.74) is 7.82. The molecule has 1 aliphatic heterocycles. The van der Waals surface area contributed by atoms with E-state index in [1.807, 2.05) is 36.4 Å². The number of nitrogens with zero attached hydrogens (tertiary/aromatic N) is 2. The number of aromatic nitrogens is 1. The lowest BCUT2D eigenvalue weighted by atomic mass is 9.89. The number of allylic oxidation sites excluding steroid dienone is 3. The third-order valence-corrected chi connectivity index (χ3v) is 4.62. The summed E-state index contributed by atoms with van der Waals surface area (Å²) in [4.78, 5) is 0. The Bertz CT molecular complexity index is 980. The lowest BCUT2D eigenvalue weighted by molar-refractivity contribution is 0.410. The summed E-state index contributed by atoms with van der Waals surface area (Å²) in [5, 5.41) is 8.99. The molecule has 0 atom stereocenters. The highest BCUT2D eigenvalue weighted by atomic mass is 16.5. The van der Waals surface area contributed by atoms with Crippen LogP contribution in [0.5, 0.6) is 0 Å². The van der Waals surface area contributed by atoms with Crippen LogP contribution in [0.2, 0.25) is 0 Å². The van der Waals surface area contributed by atoms with E-state index in [1.165, 1.54) is 16.7 Å². The summed E-state index contributed by atoms with van der Waals surface area (Å²) < 4.78 is 5.56. The Labute approximate surface area is 140 Å². The topological polar surface area (TPSA) is 40.1 Å². The maximum atomic E-state index is 5.56. The van der Waals surface area contributed by atoms with Crippen molar-refractivity contribution in [2.45, 2.75) is 12.8 Å². The monoisotopic (exact) mass is 311 g/mol. The lowest BCUT2D eigenvalue weighted by Crippen LogP contribution is -2.06. The van der Waals surface area contributed by atoms with Crippen molar-refractivity contribution >= 4 is 11.3 Å². The predicted molar refractivity (Wildman–Crippen MR) is 93.7 cm³/mol. The number of benzene rings is 2. The zero-order valence-electron chi connectivity index (χ0n) is 13.1. The van der Waals surface area contributed by atoms with Gasteiger partial charge >= 0.3 is 0 Å². The minimum atomic E-state index is 0.723. The average Bonchev–Trinajstić information content (AvgIpc) is 3.29. The Morgan fingerprint density at radius 1 is 0.875 bits per heavy atom. The van der Waals surface area contributed by atoms with Crippen LogP contribution in [-0.4, -0.2) is 5.16 Å². The molecule has 1 radical (unpaired) electrons. The van der Waals surface area contributed by atoms with Crippen molar-refractivity contribution in [3.63, 3.8) is 0 Å². The van der Waals surface area contributed by atoms with E-state index >= 15 is 0 Å². The smallest absolute Gasteiger partial charge is 0.185 e. The minimum absolute atomic E-state index is 0.723. The molecule has 0 spiro atoms. The molecule has 2 aliphatic rings. The molecular weight excluding hydrogens is 296 g/mol. The van der Waals surface area contributed by atoms with Crippen molar-refractivity contribution in [3.05, 3.63) is 89.3 Å². The zero-order valence-corrected chi connectivity index (χ0v) is 13.1. The third-order valence-electron chi connectivity index (χ3n) is 4.62. The van der Waals surface area contributed by atoms with Crippen LogP contribution in [0.15, 0.2) is 77.0 Å². The van der Waals surface area contributed by atoms with Gasteiger partial charge in [-0.1, -0.05) is 59.8 Å². The van der Waals surface area contributed by atoms with Crippen molar-refractivity contribution in [1.29, 1.82) is 0 Å². The highest BCUT2D eigenvalue weighted by Crippen LogP contribution is 2.39. The molecule has 0 N–H and O–H groups in total. The van der Waals surface area contributed by atoms with E-state index in [0.29, 0.717) is 0 Å². The molecule has 0 saturated carbocycles. The Balaban J connectivity index is 1.50. The molecular formula is C21H15N2O. The van der Waals surface area contributed by atoms with Crippen LogP contribution < -0.4 is 5.32 Å². The predicted octanol–water partition coefficient (Wildman–Crippen LogP) is 4.66. The van der Waals surface area contributed by atoms with Gasteiger partial charge in [-0.15, -0.1) is 0 Å². The van der Waals surface area contributed by atoms with Gasteiger partial charge in [0.05, 0.1) is 0 Å². The number of hydrogen-bond acceptors (Lipinski definition) is 2. The molecule has 1 aliphatic carbocycles. The maximum Gasteiger partial charge on any atom is 0.185 e. The van der Waals surface area contributed by atoms with E-state index in [2.05, 4.69) is 35.5 Å². The van der Waals surface area contributed by atoms with Gasteiger partial charge in [0.1, 0.15) is 11.4 Å². The molecule has 3 aromatic rings. The van der Waals surface area contributed by atoms with Crippen LogP contribution in [0.25, 0.3) is 22.5 Å². The molecule has 5 rings (SSSR count). The molecule has 0 amide bonds. The van der Waals surface area contributed by atoms with Gasteiger partial charge in [-0.25, -0.2) is 5.32 Å². The standard InChI is InChI=1S/C21H15N2O/c1-2-7-15(8-3-1)19-13-21(24-23-19)20-12-17-16-9-5-4-6-14(16)10-11-18(17)22-20/h1-9,12-13H,10-11H2. The zero-order chi connectivity index (χ0) is 15.9. The minimum Gasteiger partial charge on any atom is -0.354 e. The van der Waals surface area contributed by atoms with Crippen molar-refractivity contribution in [3.8, 4) is 11.3 Å². The summed E-state index contributed by atoms with van der Waals surface area (Å²) in [6.07, 6.45) is 4.15. The molecule has 3 heteroatoms. The normalized spacial score (nSPS) is 15.6. The van der Waals surface area contributed by atoms with E-state index in [-0.39, 0.29) is 0 Å². The Morgan fingerprint density at radius 2 is 1.71 bits per heavy atom. The van der Waals surface area contributed by atoms with Gasteiger partial charge < -0.3 is 4.52 Å². The SMILES string of the molecule is C1=C(c2cc(-c3ccccc3)no2)[N]C2=C1c1ccccc1CC2. The number of hydrogen-bond donors (Lipinski definition) is 0. The van der Waals surface area contributed by atoms with Crippen LogP contribution in [0.1, 0.15) is 23.3 Å². The largest absolute Gasteiger partial charge is 0.354 e. The molecule has 0 unspecified atom stereocenters. The summed E-state index contributed by atoms with van der Waals surface area (Å²) in [6, 6.07) is 20.6. The Kier molecular flexibility index (Phi) is 2.92. The molecule has 1 aromatic heterocycles. The summed E-state index contributed by atoms with van der Waals surface area (Å²) >= 11 is 0. The Hall–Kier alpha value is -3.07. The molecule has 0 bridgehead atoms. The van der Waals surface area contributed by atoms with Gasteiger partial charge in [-0.3, -0.25) is 0 Å². The van der Waals surface area contributed by atoms with Gasteiger partial charge in [0.25, 0.3) is 0 Å². The first kappa shape index (κ1) is 13.4. The first-order valence-corrected chi connectivity index (χ1v) is 8.16. The fourth-order valence-corrected chi connectivity index (χ4v) is 3.40. The van der Waals surface area contributed by atoms with Gasteiger partial charge in [0.15, 0.2) is 5.76 Å². The second-order valence-corrected chi connectivity index (χ2v) is 6.10. The highest BCUT2D eigenvalue weighted by molar-refractivity contribution is 5.91. The van der Waals surface area contributed by atoms with Crippen LogP contribution in [-0.2, 0) is 6.42 Å². The lowest BCUT2D eigenvalue weighted by Gasteiger charge is -2.16. The average molecular weight is 311 g/mol. The fraction of sp³-hybridized carbons (Fsp3) is 0.0952. The number of fused-ring (bicyclic) bond motifs is 2. The molecule has 115 valence electrons. The van der Waals surface area contributed by atoms with Crippen LogP contribution in [0.3, 0.4) is 0 Å². The second-order valence-electron chi connectivity index (χ2n) is 6.10. The Morgan fingerprint density at radius 3 is 2.62 bits per heavy atom. The van der Waals surface area contributed by atoms with Crippen molar-refractivity contribution < 1.29 is 4.52 Å². The first-order valence-electron chi connectivity index (χ1n) is 8.16. The quantitative estimate of drug-likeness (QED) is 0.690. The summed E-state index contributed by atoms with van der Waals surface area (Å²) in [6.45, 7) is 0. The van der Waals surface area contributed by atoms with Crippen molar-refractivity contribution in [1.82, 2.24) is 10.5 Å². The molecule has 3 nitrogen and oxygen atoms in total. The summed E-state index contributed by atoms with van der Waals surface area (Å²) in [7, 11) is 0. The molecule has 0 saturated heterocycles. The van der Waals surface area contributed by atoms with Gasteiger partial charge in [0, 0.05) is 22.9 Å². The molecule has 24 heavy (non-hydrogen) atoms. The van der Waals surface area contributed by atoms with E-state index in [4.69, 9.17) is 9.84 Å². The van der Waals surface area contributed by atoms with E-state index in [0.717, 1.165) is 41.3 Å². The van der Waals surface area contributed by atoms with Gasteiger partial charge in [-0.2, -0.15) is 0 Å². The van der Waals surface area contributed by atoms with Crippen LogP contribution >= 0.6 is 0 Å². The molecule has 0 fully saturated rings. The van der Waals surface area contributed by atoms with Gasteiger partial charge in [-0.05, 0) is 30.0 Å². The summed E-state index contributed by atoms with van der Waals surface area (Å²) in [5.74, 6) is 0.723. The fourth-order valence-electron chi connectivity index (χ4n) is 3.40. The first-order chi connectivity index (χ1) is 11.9. The van der Waals surface area contributed by atoms with E-state index < -0.39 is 0 Å². The maximum absolute atomic E-state index is 5.56. The number of aryl methyl sites for hydroxylation is 1. The number of rotatable bonds is 2. The highest BCUT2D eigenvalue weighted by Gasteiger charge is 2.26. The van der Waals surface area contributed by atoms with Crippen LogP contribution in [0, 0.1) is 0 Å². The molecule has 2 heterocycles. The third kappa shape index (κ3) is 2.09. The van der Waals surface area contributed by atoms with Crippen LogP contribution in [0.4, 0.5) is 0 Å².